The van der Waals surface area contributed by atoms with Crippen LogP contribution in [0.5, 0.6) is 0 Å². The summed E-state index contributed by atoms with van der Waals surface area (Å²) in [6.07, 6.45) is 0.402. The third-order valence-electron chi connectivity index (χ3n) is 6.01. The van der Waals surface area contributed by atoms with Crippen LogP contribution in [0.2, 0.25) is 5.02 Å². The monoisotopic (exact) mass is 562 g/mol. The second kappa shape index (κ2) is 13.4. The van der Waals surface area contributed by atoms with Crippen LogP contribution in [0.15, 0.2) is 29.3 Å². The first-order valence-corrected chi connectivity index (χ1v) is 11.4. The van der Waals surface area contributed by atoms with E-state index in [1.165, 1.54) is 0 Å². The Morgan fingerprint density at radius 2 is 1.68 bits per heavy atom. The van der Waals surface area contributed by atoms with E-state index in [-0.39, 0.29) is 29.9 Å². The van der Waals surface area contributed by atoms with Crippen LogP contribution in [-0.2, 0) is 11.2 Å². The van der Waals surface area contributed by atoms with Crippen molar-refractivity contribution in [3.8, 4) is 0 Å². The lowest BCUT2D eigenvalue weighted by Crippen LogP contribution is -2.55. The van der Waals surface area contributed by atoms with Gasteiger partial charge in [-0.25, -0.2) is 0 Å². The number of guanidine groups is 1. The molecule has 0 radical (unpaired) electrons. The molecule has 2 aliphatic rings. The molecule has 1 amide bonds. The topological polar surface area (TPSA) is 54.4 Å². The number of piperazine rings is 2. The average molecular weight is 563 g/mol. The number of likely N-dealkylation sites (N-methyl/N-ethyl adjacent to an activating group) is 1. The van der Waals surface area contributed by atoms with E-state index >= 15 is 0 Å². The summed E-state index contributed by atoms with van der Waals surface area (Å²) in [5.74, 6) is 1.09. The number of carbonyl (C=O) groups is 1. The number of nitrogens with zero attached hydrogens (tertiary/aromatic N) is 5. The zero-order chi connectivity index (χ0) is 21.3. The number of halogens is 2. The van der Waals surface area contributed by atoms with Crippen molar-refractivity contribution in [3.63, 3.8) is 0 Å². The van der Waals surface area contributed by atoms with Crippen molar-refractivity contribution < 1.29 is 4.79 Å². The molecule has 0 saturated carbocycles. The minimum atomic E-state index is 0. The number of aliphatic imine (C=N–C) groups is 1. The Balaban J connectivity index is 0.00000341. The fourth-order valence-electron chi connectivity index (χ4n) is 4.09. The summed E-state index contributed by atoms with van der Waals surface area (Å²) in [4.78, 5) is 26.3. The molecule has 0 spiro atoms. The predicted octanol–water partition coefficient (Wildman–Crippen LogP) is 1.86. The summed E-state index contributed by atoms with van der Waals surface area (Å²) in [6.45, 7) is 13.0. The Morgan fingerprint density at radius 1 is 1.03 bits per heavy atom. The minimum Gasteiger partial charge on any atom is -0.355 e. The van der Waals surface area contributed by atoms with Crippen LogP contribution in [0.4, 0.5) is 0 Å². The summed E-state index contributed by atoms with van der Waals surface area (Å²) < 4.78 is 0. The third kappa shape index (κ3) is 8.07. The molecule has 1 aromatic rings. The van der Waals surface area contributed by atoms with Gasteiger partial charge in [-0.15, -0.1) is 24.0 Å². The first-order valence-electron chi connectivity index (χ1n) is 11.0. The van der Waals surface area contributed by atoms with Gasteiger partial charge in [-0.2, -0.15) is 0 Å². The van der Waals surface area contributed by atoms with Crippen molar-refractivity contribution in [2.45, 2.75) is 13.3 Å². The van der Waals surface area contributed by atoms with Crippen LogP contribution in [0, 0.1) is 0 Å². The molecular weight excluding hydrogens is 527 g/mol. The van der Waals surface area contributed by atoms with E-state index in [4.69, 9.17) is 11.6 Å². The summed E-state index contributed by atoms with van der Waals surface area (Å²) >= 11 is 6.03. The van der Waals surface area contributed by atoms with Gasteiger partial charge < -0.3 is 20.0 Å². The van der Waals surface area contributed by atoms with Crippen molar-refractivity contribution in [2.75, 3.05) is 79.0 Å². The van der Waals surface area contributed by atoms with Crippen LogP contribution >= 0.6 is 35.6 Å². The van der Waals surface area contributed by atoms with Gasteiger partial charge in [0.15, 0.2) is 5.96 Å². The van der Waals surface area contributed by atoms with E-state index < -0.39 is 0 Å². The smallest absolute Gasteiger partial charge is 0.227 e. The maximum Gasteiger partial charge on any atom is 0.227 e. The second-order valence-corrected chi connectivity index (χ2v) is 8.36. The number of carbonyl (C=O) groups excluding carboxylic acids is 1. The maximum absolute atomic E-state index is 12.6. The van der Waals surface area contributed by atoms with Gasteiger partial charge in [0.1, 0.15) is 0 Å². The van der Waals surface area contributed by atoms with E-state index in [0.717, 1.165) is 83.5 Å². The minimum absolute atomic E-state index is 0. The molecule has 2 saturated heterocycles. The molecule has 9 heteroatoms. The largest absolute Gasteiger partial charge is 0.355 e. The van der Waals surface area contributed by atoms with E-state index in [1.807, 2.05) is 36.2 Å². The Kier molecular flexibility index (Phi) is 11.3. The van der Waals surface area contributed by atoms with Crippen molar-refractivity contribution in [1.29, 1.82) is 0 Å². The Bertz CT molecular complexity index is 718. The van der Waals surface area contributed by atoms with E-state index in [1.54, 1.807) is 0 Å². The molecule has 0 bridgehead atoms. The Morgan fingerprint density at radius 3 is 2.29 bits per heavy atom. The highest BCUT2D eigenvalue weighted by atomic mass is 127. The molecule has 2 aliphatic heterocycles. The van der Waals surface area contributed by atoms with E-state index in [9.17, 15) is 4.79 Å². The lowest BCUT2D eigenvalue weighted by Gasteiger charge is -2.37. The number of hydrogen-bond acceptors (Lipinski definition) is 4. The average Bonchev–Trinajstić information content (AvgIpc) is 2.77. The SMILES string of the molecule is CCN1CCN(CCNC(=NC)N2CCN(C(=O)Cc3cccc(Cl)c3)CC2)CC1.I. The molecule has 3 rings (SSSR count). The molecule has 0 aliphatic carbocycles. The summed E-state index contributed by atoms with van der Waals surface area (Å²) in [5.41, 5.74) is 0.965. The Labute approximate surface area is 208 Å². The molecular formula is C22H36ClIN6O. The highest BCUT2D eigenvalue weighted by Crippen LogP contribution is 2.13. The molecule has 2 heterocycles. The maximum atomic E-state index is 12.6. The molecule has 1 N–H and O–H groups in total. The highest BCUT2D eigenvalue weighted by Gasteiger charge is 2.23. The van der Waals surface area contributed by atoms with Gasteiger partial charge in [0, 0.05) is 77.5 Å². The molecule has 7 nitrogen and oxygen atoms in total. The first-order chi connectivity index (χ1) is 14.6. The van der Waals surface area contributed by atoms with Gasteiger partial charge in [0.05, 0.1) is 6.42 Å². The highest BCUT2D eigenvalue weighted by molar-refractivity contribution is 14.0. The van der Waals surface area contributed by atoms with Gasteiger partial charge >= 0.3 is 0 Å². The van der Waals surface area contributed by atoms with Crippen molar-refractivity contribution in [2.24, 2.45) is 4.99 Å². The zero-order valence-electron chi connectivity index (χ0n) is 18.7. The second-order valence-electron chi connectivity index (χ2n) is 7.92. The standard InChI is InChI=1S/C22H35ClN6O.HI/c1-3-26-9-11-27(12-10-26)8-7-25-22(24-2)29-15-13-28(14-16-29)21(30)18-19-5-4-6-20(23)17-19;/h4-6,17H,3,7-16,18H2,1-2H3,(H,24,25);1H. The molecule has 174 valence electrons. The summed E-state index contributed by atoms with van der Waals surface area (Å²) in [6, 6.07) is 7.54. The van der Waals surface area contributed by atoms with Crippen LogP contribution < -0.4 is 5.32 Å². The van der Waals surface area contributed by atoms with Crippen LogP contribution in [0.3, 0.4) is 0 Å². The van der Waals surface area contributed by atoms with Crippen LogP contribution in [0.25, 0.3) is 0 Å². The molecule has 0 unspecified atom stereocenters. The molecule has 1 aromatic carbocycles. The van der Waals surface area contributed by atoms with Crippen molar-refractivity contribution in [1.82, 2.24) is 24.9 Å². The number of nitrogens with one attached hydrogen (secondary N) is 1. The number of amides is 1. The molecule has 31 heavy (non-hydrogen) atoms. The lowest BCUT2D eigenvalue weighted by molar-refractivity contribution is -0.131. The van der Waals surface area contributed by atoms with E-state index in [2.05, 4.69) is 31.9 Å². The summed E-state index contributed by atoms with van der Waals surface area (Å²) in [7, 11) is 1.83. The van der Waals surface area contributed by atoms with Crippen molar-refractivity contribution >= 4 is 47.4 Å². The van der Waals surface area contributed by atoms with Crippen molar-refractivity contribution in [3.05, 3.63) is 34.9 Å². The Hall–Kier alpha value is -1.10. The number of benzene rings is 1. The van der Waals surface area contributed by atoms with Gasteiger partial charge in [0.2, 0.25) is 5.91 Å². The fourth-order valence-corrected chi connectivity index (χ4v) is 4.30. The molecule has 0 atom stereocenters. The third-order valence-corrected chi connectivity index (χ3v) is 6.25. The predicted molar refractivity (Wildman–Crippen MR) is 139 cm³/mol. The molecule has 0 aromatic heterocycles. The molecule has 2 fully saturated rings. The number of hydrogen-bond donors (Lipinski definition) is 1. The first kappa shape index (κ1) is 26.2. The normalized spacial score (nSPS) is 18.6. The van der Waals surface area contributed by atoms with Crippen LogP contribution in [0.1, 0.15) is 12.5 Å². The van der Waals surface area contributed by atoms with E-state index in [0.29, 0.717) is 11.4 Å². The lowest BCUT2D eigenvalue weighted by atomic mass is 10.1. The van der Waals surface area contributed by atoms with Crippen LogP contribution in [-0.4, -0.2) is 111 Å². The van der Waals surface area contributed by atoms with Gasteiger partial charge in [-0.1, -0.05) is 30.7 Å². The summed E-state index contributed by atoms with van der Waals surface area (Å²) in [5, 5.41) is 4.18. The zero-order valence-corrected chi connectivity index (χ0v) is 21.8. The fraction of sp³-hybridized carbons (Fsp3) is 0.636. The van der Waals surface area contributed by atoms with Gasteiger partial charge in [0.25, 0.3) is 0 Å². The number of rotatable bonds is 6. The van der Waals surface area contributed by atoms with Gasteiger partial charge in [-0.05, 0) is 24.2 Å². The quantitative estimate of drug-likeness (QED) is 0.326. The van der Waals surface area contributed by atoms with Gasteiger partial charge in [-0.3, -0.25) is 14.7 Å².